The quantitative estimate of drug-likeness (QED) is 0.835. The van der Waals surface area contributed by atoms with Gasteiger partial charge in [-0.2, -0.15) is 5.10 Å². The Labute approximate surface area is 97.4 Å². The molecule has 0 radical (unpaired) electrons. The van der Waals surface area contributed by atoms with Crippen LogP contribution in [0.5, 0.6) is 0 Å². The van der Waals surface area contributed by atoms with Gasteiger partial charge < -0.3 is 5.73 Å². The molecule has 1 atom stereocenters. The molecule has 0 saturated carbocycles. The van der Waals surface area contributed by atoms with Crippen LogP contribution < -0.4 is 5.73 Å². The van der Waals surface area contributed by atoms with E-state index >= 15 is 0 Å². The van der Waals surface area contributed by atoms with Crippen LogP contribution in [0.4, 0.5) is 0 Å². The summed E-state index contributed by atoms with van der Waals surface area (Å²) in [4.78, 5) is 2.38. The molecule has 2 rings (SSSR count). The van der Waals surface area contributed by atoms with Crippen molar-refractivity contribution in [3.05, 3.63) is 17.5 Å². The average Bonchev–Trinajstić information content (AvgIpc) is 2.83. The molecule has 1 fully saturated rings. The van der Waals surface area contributed by atoms with Crippen LogP contribution in [0.2, 0.25) is 0 Å². The van der Waals surface area contributed by atoms with E-state index < -0.39 is 0 Å². The van der Waals surface area contributed by atoms with E-state index in [0.29, 0.717) is 6.17 Å². The monoisotopic (exact) mass is 222 g/mol. The van der Waals surface area contributed by atoms with Gasteiger partial charge in [0.25, 0.3) is 0 Å². The van der Waals surface area contributed by atoms with Gasteiger partial charge in [-0.25, -0.2) is 0 Å². The Bertz CT molecular complexity index is 345. The van der Waals surface area contributed by atoms with Crippen molar-refractivity contribution in [3.63, 3.8) is 0 Å². The minimum absolute atomic E-state index is 0.464. The lowest BCUT2D eigenvalue weighted by Crippen LogP contribution is -2.24. The molecule has 2 heterocycles. The molecule has 0 aromatic carbocycles. The van der Waals surface area contributed by atoms with Gasteiger partial charge in [0.15, 0.2) is 0 Å². The summed E-state index contributed by atoms with van der Waals surface area (Å²) in [5, 5.41) is 4.54. The van der Waals surface area contributed by atoms with E-state index in [1.165, 1.54) is 30.6 Å². The van der Waals surface area contributed by atoms with Crippen molar-refractivity contribution in [1.82, 2.24) is 14.7 Å². The second-order valence-electron chi connectivity index (χ2n) is 4.70. The molecule has 1 aliphatic rings. The number of likely N-dealkylation sites (tertiary alicyclic amines) is 1. The van der Waals surface area contributed by atoms with Crippen molar-refractivity contribution in [3.8, 4) is 0 Å². The summed E-state index contributed by atoms with van der Waals surface area (Å²) in [5.41, 5.74) is 8.21. The predicted molar refractivity (Wildman–Crippen MR) is 65.2 cm³/mol. The Morgan fingerprint density at radius 1 is 1.56 bits per heavy atom. The first-order valence-corrected chi connectivity index (χ1v) is 6.17. The third-order valence-electron chi connectivity index (χ3n) is 3.56. The molecular formula is C12H22N4. The van der Waals surface area contributed by atoms with Crippen molar-refractivity contribution >= 4 is 0 Å². The summed E-state index contributed by atoms with van der Waals surface area (Å²) in [6.07, 6.45) is 7.07. The van der Waals surface area contributed by atoms with Gasteiger partial charge in [-0.05, 0) is 58.3 Å². The largest absolute Gasteiger partial charge is 0.330 e. The number of hydrogen-bond acceptors (Lipinski definition) is 3. The zero-order valence-corrected chi connectivity index (χ0v) is 10.3. The zero-order valence-electron chi connectivity index (χ0n) is 10.3. The second kappa shape index (κ2) is 4.97. The van der Waals surface area contributed by atoms with Crippen molar-refractivity contribution in [2.45, 2.75) is 38.8 Å². The molecule has 16 heavy (non-hydrogen) atoms. The Morgan fingerprint density at radius 3 is 3.00 bits per heavy atom. The van der Waals surface area contributed by atoms with E-state index in [4.69, 9.17) is 5.73 Å². The summed E-state index contributed by atoms with van der Waals surface area (Å²) in [5.74, 6) is 0. The predicted octanol–water partition coefficient (Wildman–Crippen LogP) is 1.31. The molecule has 4 nitrogen and oxygen atoms in total. The SMILES string of the molecule is Cc1c(CCCN)cnn1C1CCCN1C. The molecule has 90 valence electrons. The first kappa shape index (κ1) is 11.6. The van der Waals surface area contributed by atoms with Crippen LogP contribution in [0.1, 0.15) is 36.7 Å². The molecule has 0 spiro atoms. The Kier molecular flexibility index (Phi) is 3.61. The maximum atomic E-state index is 5.54. The summed E-state index contributed by atoms with van der Waals surface area (Å²) >= 11 is 0. The maximum Gasteiger partial charge on any atom is 0.104 e. The van der Waals surface area contributed by atoms with Crippen molar-refractivity contribution in [1.29, 1.82) is 0 Å². The van der Waals surface area contributed by atoms with Gasteiger partial charge >= 0.3 is 0 Å². The van der Waals surface area contributed by atoms with E-state index in [1.807, 2.05) is 6.20 Å². The first-order valence-electron chi connectivity index (χ1n) is 6.17. The summed E-state index contributed by atoms with van der Waals surface area (Å²) in [6.45, 7) is 4.11. The molecule has 1 aliphatic heterocycles. The van der Waals surface area contributed by atoms with Crippen LogP contribution in [-0.2, 0) is 6.42 Å². The number of nitrogens with zero attached hydrogens (tertiary/aromatic N) is 3. The molecule has 1 aromatic rings. The maximum absolute atomic E-state index is 5.54. The van der Waals surface area contributed by atoms with E-state index in [1.54, 1.807) is 0 Å². The minimum atomic E-state index is 0.464. The fraction of sp³-hybridized carbons (Fsp3) is 0.750. The second-order valence-corrected chi connectivity index (χ2v) is 4.70. The summed E-state index contributed by atoms with van der Waals surface area (Å²) in [7, 11) is 2.18. The van der Waals surface area contributed by atoms with E-state index in [-0.39, 0.29) is 0 Å². The molecule has 0 bridgehead atoms. The number of aryl methyl sites for hydroxylation is 1. The van der Waals surface area contributed by atoms with Gasteiger partial charge in [-0.1, -0.05) is 0 Å². The Morgan fingerprint density at radius 2 is 2.38 bits per heavy atom. The van der Waals surface area contributed by atoms with Crippen LogP contribution >= 0.6 is 0 Å². The van der Waals surface area contributed by atoms with Crippen molar-refractivity contribution in [2.75, 3.05) is 20.1 Å². The smallest absolute Gasteiger partial charge is 0.104 e. The molecular weight excluding hydrogens is 200 g/mol. The fourth-order valence-corrected chi connectivity index (χ4v) is 2.50. The normalized spacial score (nSPS) is 21.8. The zero-order chi connectivity index (χ0) is 11.5. The van der Waals surface area contributed by atoms with Gasteiger partial charge in [0, 0.05) is 5.69 Å². The van der Waals surface area contributed by atoms with Gasteiger partial charge in [0.05, 0.1) is 6.20 Å². The number of rotatable bonds is 4. The van der Waals surface area contributed by atoms with Gasteiger partial charge in [0.2, 0.25) is 0 Å². The highest BCUT2D eigenvalue weighted by molar-refractivity contribution is 5.17. The molecule has 4 heteroatoms. The average molecular weight is 222 g/mol. The lowest BCUT2D eigenvalue weighted by molar-refractivity contribution is 0.217. The van der Waals surface area contributed by atoms with Crippen LogP contribution in [0.15, 0.2) is 6.20 Å². The molecule has 1 aromatic heterocycles. The van der Waals surface area contributed by atoms with Gasteiger partial charge in [-0.3, -0.25) is 9.58 Å². The molecule has 1 saturated heterocycles. The standard InChI is InChI=1S/C12H22N4/c1-10-11(5-3-7-13)9-14-16(10)12-6-4-8-15(12)2/h9,12H,3-8,13H2,1-2H3. The molecule has 2 N–H and O–H groups in total. The lowest BCUT2D eigenvalue weighted by Gasteiger charge is -2.21. The Hall–Kier alpha value is -0.870. The summed E-state index contributed by atoms with van der Waals surface area (Å²) < 4.78 is 2.18. The Balaban J connectivity index is 2.13. The lowest BCUT2D eigenvalue weighted by atomic mass is 10.1. The number of nitrogens with two attached hydrogens (primary N) is 1. The van der Waals surface area contributed by atoms with E-state index in [2.05, 4.69) is 28.7 Å². The van der Waals surface area contributed by atoms with Crippen molar-refractivity contribution < 1.29 is 0 Å². The van der Waals surface area contributed by atoms with E-state index in [9.17, 15) is 0 Å². The third-order valence-corrected chi connectivity index (χ3v) is 3.56. The topological polar surface area (TPSA) is 47.1 Å². The van der Waals surface area contributed by atoms with Gasteiger partial charge in [0.1, 0.15) is 6.17 Å². The fourth-order valence-electron chi connectivity index (χ4n) is 2.50. The summed E-state index contributed by atoms with van der Waals surface area (Å²) in [6, 6.07) is 0. The number of aromatic nitrogens is 2. The third kappa shape index (κ3) is 2.13. The van der Waals surface area contributed by atoms with Crippen LogP contribution in [-0.4, -0.2) is 34.8 Å². The highest BCUT2D eigenvalue weighted by Gasteiger charge is 2.24. The molecule has 1 unspecified atom stereocenters. The van der Waals surface area contributed by atoms with E-state index in [0.717, 1.165) is 19.4 Å². The number of hydrogen-bond donors (Lipinski definition) is 1. The van der Waals surface area contributed by atoms with Crippen molar-refractivity contribution in [2.24, 2.45) is 5.73 Å². The molecule has 0 amide bonds. The highest BCUT2D eigenvalue weighted by Crippen LogP contribution is 2.26. The van der Waals surface area contributed by atoms with Crippen LogP contribution in [0, 0.1) is 6.92 Å². The molecule has 0 aliphatic carbocycles. The minimum Gasteiger partial charge on any atom is -0.330 e. The first-order chi connectivity index (χ1) is 7.74. The van der Waals surface area contributed by atoms with Crippen LogP contribution in [0.3, 0.4) is 0 Å². The van der Waals surface area contributed by atoms with Crippen LogP contribution in [0.25, 0.3) is 0 Å². The van der Waals surface area contributed by atoms with Gasteiger partial charge in [-0.15, -0.1) is 0 Å². The highest BCUT2D eigenvalue weighted by atomic mass is 15.4.